The third kappa shape index (κ3) is 3.80. The summed E-state index contributed by atoms with van der Waals surface area (Å²) >= 11 is 1.84. The molecule has 1 aliphatic heterocycles. The predicted molar refractivity (Wildman–Crippen MR) is 133 cm³/mol. The number of benzene rings is 2. The summed E-state index contributed by atoms with van der Waals surface area (Å²) in [6.45, 7) is 2.10. The minimum Gasteiger partial charge on any atom is -0.387 e. The number of aliphatic hydroxyl groups is 1. The van der Waals surface area contributed by atoms with Crippen molar-refractivity contribution in [1.29, 1.82) is 0 Å². The second-order valence-corrected chi connectivity index (χ2v) is 10.9. The Morgan fingerprint density at radius 2 is 1.97 bits per heavy atom. The molecule has 2 aliphatic rings. The smallest absolute Gasteiger partial charge is 0.118 e. The first kappa shape index (κ1) is 21.0. The zero-order chi connectivity index (χ0) is 22.5. The number of imidazole rings is 1. The molecular formula is C27H30N4OS. The molecule has 2 aromatic carbocycles. The highest BCUT2D eigenvalue weighted by Gasteiger charge is 2.32. The van der Waals surface area contributed by atoms with Crippen LogP contribution in [0.1, 0.15) is 63.8 Å². The van der Waals surface area contributed by atoms with Gasteiger partial charge in [-0.15, -0.1) is 11.3 Å². The lowest BCUT2D eigenvalue weighted by molar-refractivity contribution is 0.135. The molecule has 3 heterocycles. The van der Waals surface area contributed by atoms with Crippen LogP contribution >= 0.6 is 11.3 Å². The maximum Gasteiger partial charge on any atom is 0.118 e. The summed E-state index contributed by atoms with van der Waals surface area (Å²) in [5.41, 5.74) is 5.82. The van der Waals surface area contributed by atoms with Gasteiger partial charge < -0.3 is 15.0 Å². The summed E-state index contributed by atoms with van der Waals surface area (Å²) in [5, 5.41) is 15.6. The third-order valence-corrected chi connectivity index (χ3v) is 8.44. The van der Waals surface area contributed by atoms with Crippen molar-refractivity contribution in [3.63, 3.8) is 0 Å². The Bertz CT molecular complexity index is 1290. The van der Waals surface area contributed by atoms with Crippen LogP contribution in [0.4, 0.5) is 0 Å². The summed E-state index contributed by atoms with van der Waals surface area (Å²) in [5.74, 6) is 1.44. The normalized spacial score (nSPS) is 23.3. The number of hydrogen-bond acceptors (Lipinski definition) is 5. The van der Waals surface area contributed by atoms with E-state index in [-0.39, 0.29) is 6.04 Å². The zero-order valence-electron chi connectivity index (χ0n) is 19.2. The van der Waals surface area contributed by atoms with Gasteiger partial charge in [-0.1, -0.05) is 36.4 Å². The van der Waals surface area contributed by atoms with Gasteiger partial charge in [-0.3, -0.25) is 0 Å². The van der Waals surface area contributed by atoms with Crippen LogP contribution in [0.5, 0.6) is 0 Å². The van der Waals surface area contributed by atoms with Gasteiger partial charge in [0.15, 0.2) is 0 Å². The van der Waals surface area contributed by atoms with Crippen molar-refractivity contribution in [3.8, 4) is 0 Å². The lowest BCUT2D eigenvalue weighted by Crippen LogP contribution is -2.35. The van der Waals surface area contributed by atoms with Gasteiger partial charge in [0, 0.05) is 24.0 Å². The Morgan fingerprint density at radius 1 is 1.12 bits per heavy atom. The van der Waals surface area contributed by atoms with Gasteiger partial charge in [-0.05, 0) is 62.3 Å². The van der Waals surface area contributed by atoms with Gasteiger partial charge in [0.05, 0.1) is 33.8 Å². The zero-order valence-corrected chi connectivity index (χ0v) is 20.0. The molecular weight excluding hydrogens is 428 g/mol. The standard InChI is InChI=1S/C27H30N4OS/c1-16-28-25-20(10-13-24(25)33-16)27-30-21-11-8-17(15-23(21)31(27)2)14-19-9-12-22(29-19)26(32)18-6-4-3-5-7-18/h3-8,11,15,19-20,22,26,29,32H,9-10,12-14H2,1-2H3/t19-,20-,22+,26+/m0/s1. The molecule has 0 amide bonds. The van der Waals surface area contributed by atoms with E-state index in [2.05, 4.69) is 42.1 Å². The average molecular weight is 459 g/mol. The molecule has 0 spiro atoms. The van der Waals surface area contributed by atoms with E-state index in [0.717, 1.165) is 54.0 Å². The van der Waals surface area contributed by atoms with E-state index in [1.54, 1.807) is 0 Å². The second kappa shape index (κ2) is 8.35. The number of fused-ring (bicyclic) bond motifs is 2. The van der Waals surface area contributed by atoms with Crippen molar-refractivity contribution in [1.82, 2.24) is 19.9 Å². The van der Waals surface area contributed by atoms with Gasteiger partial charge in [-0.25, -0.2) is 9.97 Å². The van der Waals surface area contributed by atoms with Crippen molar-refractivity contribution in [2.45, 2.75) is 63.1 Å². The van der Waals surface area contributed by atoms with Gasteiger partial charge in [0.2, 0.25) is 0 Å². The average Bonchev–Trinajstić information content (AvgIpc) is 3.59. The highest BCUT2D eigenvalue weighted by molar-refractivity contribution is 7.11. The minimum atomic E-state index is -0.455. The maximum absolute atomic E-state index is 10.8. The first-order chi connectivity index (χ1) is 16.1. The van der Waals surface area contributed by atoms with Crippen LogP contribution in [0, 0.1) is 6.92 Å². The summed E-state index contributed by atoms with van der Waals surface area (Å²) in [7, 11) is 2.14. The van der Waals surface area contributed by atoms with Crippen LogP contribution in [0.2, 0.25) is 0 Å². The maximum atomic E-state index is 10.8. The summed E-state index contributed by atoms with van der Waals surface area (Å²) in [4.78, 5) is 11.3. The minimum absolute atomic E-state index is 0.113. The van der Waals surface area contributed by atoms with E-state index in [1.165, 1.54) is 21.7 Å². The number of aliphatic hydroxyl groups excluding tert-OH is 1. The highest BCUT2D eigenvalue weighted by Crippen LogP contribution is 2.40. The highest BCUT2D eigenvalue weighted by atomic mass is 32.1. The van der Waals surface area contributed by atoms with Crippen LogP contribution in [-0.2, 0) is 19.9 Å². The SMILES string of the molecule is Cc1nc2c(s1)CC[C@@H]2c1nc2ccc(C[C@@H]3CC[C@H]([C@H](O)c4ccccc4)N3)cc2n1C. The molecule has 4 atom stereocenters. The molecule has 170 valence electrons. The molecule has 1 saturated heterocycles. The van der Waals surface area contributed by atoms with Crippen molar-refractivity contribution < 1.29 is 5.11 Å². The molecule has 6 rings (SSSR count). The molecule has 2 aromatic heterocycles. The van der Waals surface area contributed by atoms with E-state index < -0.39 is 6.10 Å². The first-order valence-corrected chi connectivity index (χ1v) is 12.8. The molecule has 5 nitrogen and oxygen atoms in total. The monoisotopic (exact) mass is 458 g/mol. The van der Waals surface area contributed by atoms with Crippen LogP contribution < -0.4 is 5.32 Å². The number of aryl methyl sites for hydroxylation is 3. The molecule has 1 fully saturated rings. The van der Waals surface area contributed by atoms with Crippen molar-refractivity contribution in [2.24, 2.45) is 7.05 Å². The lowest BCUT2D eigenvalue weighted by Gasteiger charge is -2.20. The van der Waals surface area contributed by atoms with Gasteiger partial charge in [-0.2, -0.15) is 0 Å². The quantitative estimate of drug-likeness (QED) is 0.450. The second-order valence-electron chi connectivity index (χ2n) is 9.59. The molecule has 0 unspecified atom stereocenters. The molecule has 6 heteroatoms. The number of aromatic nitrogens is 3. The number of rotatable bonds is 5. The fourth-order valence-corrected chi connectivity index (χ4v) is 6.73. The Labute approximate surface area is 198 Å². The fourth-order valence-electron chi connectivity index (χ4n) is 5.72. The molecule has 1 aliphatic carbocycles. The fraction of sp³-hybridized carbons (Fsp3) is 0.407. The third-order valence-electron chi connectivity index (χ3n) is 7.40. The van der Waals surface area contributed by atoms with E-state index in [0.29, 0.717) is 12.0 Å². The van der Waals surface area contributed by atoms with Crippen molar-refractivity contribution in [3.05, 3.63) is 81.1 Å². The van der Waals surface area contributed by atoms with Gasteiger partial charge in [0.25, 0.3) is 0 Å². The summed E-state index contributed by atoms with van der Waals surface area (Å²) in [6, 6.07) is 17.2. The van der Waals surface area contributed by atoms with Gasteiger partial charge in [0.1, 0.15) is 5.82 Å². The summed E-state index contributed by atoms with van der Waals surface area (Å²) < 4.78 is 2.28. The first-order valence-electron chi connectivity index (χ1n) is 12.0. The van der Waals surface area contributed by atoms with Crippen LogP contribution in [-0.4, -0.2) is 31.7 Å². The van der Waals surface area contributed by atoms with E-state index in [1.807, 2.05) is 41.7 Å². The van der Waals surface area contributed by atoms with Crippen LogP contribution in [0.15, 0.2) is 48.5 Å². The van der Waals surface area contributed by atoms with E-state index in [4.69, 9.17) is 9.97 Å². The van der Waals surface area contributed by atoms with Crippen LogP contribution in [0.3, 0.4) is 0 Å². The molecule has 0 bridgehead atoms. The Balaban J connectivity index is 1.19. The Kier molecular flexibility index (Phi) is 5.32. The molecule has 4 aromatic rings. The topological polar surface area (TPSA) is 63.0 Å². The molecule has 2 N–H and O–H groups in total. The van der Waals surface area contributed by atoms with Crippen molar-refractivity contribution >= 4 is 22.4 Å². The molecule has 0 radical (unpaired) electrons. The number of hydrogen-bond donors (Lipinski definition) is 2. The van der Waals surface area contributed by atoms with Gasteiger partial charge >= 0.3 is 0 Å². The number of nitrogens with zero attached hydrogens (tertiary/aromatic N) is 3. The molecule has 33 heavy (non-hydrogen) atoms. The predicted octanol–water partition coefficient (Wildman–Crippen LogP) is 4.81. The summed E-state index contributed by atoms with van der Waals surface area (Å²) in [6.07, 6.45) is 4.81. The Morgan fingerprint density at radius 3 is 2.82 bits per heavy atom. The van der Waals surface area contributed by atoms with Crippen LogP contribution in [0.25, 0.3) is 11.0 Å². The lowest BCUT2D eigenvalue weighted by atomic mass is 10.0. The number of nitrogens with one attached hydrogen (secondary N) is 1. The number of thiazole rings is 1. The van der Waals surface area contributed by atoms with E-state index in [9.17, 15) is 5.11 Å². The van der Waals surface area contributed by atoms with Crippen molar-refractivity contribution in [2.75, 3.05) is 0 Å². The molecule has 0 saturated carbocycles. The largest absolute Gasteiger partial charge is 0.387 e. The van der Waals surface area contributed by atoms with E-state index >= 15 is 0 Å². The Hall–Kier alpha value is -2.54.